The smallest absolute Gasteiger partial charge is 0.255 e. The Labute approximate surface area is 137 Å². The normalized spacial score (nSPS) is 11.0. The van der Waals surface area contributed by atoms with E-state index in [4.69, 9.17) is 0 Å². The van der Waals surface area contributed by atoms with Gasteiger partial charge in [0.15, 0.2) is 0 Å². The first kappa shape index (κ1) is 16.5. The molecule has 0 saturated carbocycles. The van der Waals surface area contributed by atoms with Gasteiger partial charge < -0.3 is 5.32 Å². The van der Waals surface area contributed by atoms with Crippen molar-refractivity contribution in [2.75, 3.05) is 16.3 Å². The maximum Gasteiger partial charge on any atom is 0.255 e. The maximum atomic E-state index is 12.2. The van der Waals surface area contributed by atoms with E-state index in [1.54, 1.807) is 37.3 Å². The molecular formula is C15H15BrN2O3S. The van der Waals surface area contributed by atoms with Crippen molar-refractivity contribution in [3.8, 4) is 0 Å². The SMILES string of the molecule is Cc1cc(C(=O)Nc2cccc(Br)c2)ccc1NS(C)(=O)=O. The van der Waals surface area contributed by atoms with Gasteiger partial charge in [-0.05, 0) is 48.9 Å². The topological polar surface area (TPSA) is 75.3 Å². The molecule has 1 amide bonds. The fraction of sp³-hybridized carbons (Fsp3) is 0.133. The van der Waals surface area contributed by atoms with Gasteiger partial charge in [-0.1, -0.05) is 22.0 Å². The lowest BCUT2D eigenvalue weighted by Gasteiger charge is -2.10. The first-order valence-electron chi connectivity index (χ1n) is 6.40. The summed E-state index contributed by atoms with van der Waals surface area (Å²) in [5, 5.41) is 2.79. The molecule has 0 atom stereocenters. The van der Waals surface area contributed by atoms with Crippen LogP contribution >= 0.6 is 15.9 Å². The van der Waals surface area contributed by atoms with Gasteiger partial charge in [-0.15, -0.1) is 0 Å². The molecule has 5 nitrogen and oxygen atoms in total. The van der Waals surface area contributed by atoms with Gasteiger partial charge in [0.2, 0.25) is 10.0 Å². The summed E-state index contributed by atoms with van der Waals surface area (Å²) in [6.07, 6.45) is 1.08. The van der Waals surface area contributed by atoms with Crippen LogP contribution in [0.3, 0.4) is 0 Å². The molecule has 0 fully saturated rings. The molecule has 116 valence electrons. The highest BCUT2D eigenvalue weighted by Crippen LogP contribution is 2.20. The van der Waals surface area contributed by atoms with Crippen LogP contribution in [0.1, 0.15) is 15.9 Å². The number of sulfonamides is 1. The van der Waals surface area contributed by atoms with Crippen LogP contribution in [-0.2, 0) is 10.0 Å². The maximum absolute atomic E-state index is 12.2. The van der Waals surface area contributed by atoms with Gasteiger partial charge >= 0.3 is 0 Å². The second-order valence-electron chi connectivity index (χ2n) is 4.87. The molecule has 2 aromatic carbocycles. The van der Waals surface area contributed by atoms with Crippen LogP contribution < -0.4 is 10.0 Å². The van der Waals surface area contributed by atoms with Gasteiger partial charge in [0.1, 0.15) is 0 Å². The number of amides is 1. The minimum Gasteiger partial charge on any atom is -0.322 e. The lowest BCUT2D eigenvalue weighted by molar-refractivity contribution is 0.102. The summed E-state index contributed by atoms with van der Waals surface area (Å²) in [4.78, 5) is 12.2. The Morgan fingerprint density at radius 1 is 1.14 bits per heavy atom. The number of rotatable bonds is 4. The number of benzene rings is 2. The van der Waals surface area contributed by atoms with Crippen LogP contribution in [0.2, 0.25) is 0 Å². The highest BCUT2D eigenvalue weighted by Gasteiger charge is 2.10. The van der Waals surface area contributed by atoms with E-state index in [0.717, 1.165) is 10.7 Å². The molecular weight excluding hydrogens is 368 g/mol. The fourth-order valence-electron chi connectivity index (χ4n) is 1.89. The quantitative estimate of drug-likeness (QED) is 0.850. The van der Waals surface area contributed by atoms with Gasteiger partial charge in [-0.2, -0.15) is 0 Å². The summed E-state index contributed by atoms with van der Waals surface area (Å²) < 4.78 is 25.8. The van der Waals surface area contributed by atoms with Crippen molar-refractivity contribution in [1.29, 1.82) is 0 Å². The minimum absolute atomic E-state index is 0.257. The Balaban J connectivity index is 2.19. The molecule has 2 N–H and O–H groups in total. The highest BCUT2D eigenvalue weighted by molar-refractivity contribution is 9.10. The Morgan fingerprint density at radius 3 is 2.45 bits per heavy atom. The van der Waals surface area contributed by atoms with Crippen LogP contribution in [-0.4, -0.2) is 20.6 Å². The van der Waals surface area contributed by atoms with E-state index in [1.165, 1.54) is 0 Å². The van der Waals surface area contributed by atoms with Crippen LogP contribution in [0.15, 0.2) is 46.9 Å². The van der Waals surface area contributed by atoms with E-state index in [2.05, 4.69) is 26.0 Å². The van der Waals surface area contributed by atoms with Crippen molar-refractivity contribution < 1.29 is 13.2 Å². The zero-order valence-electron chi connectivity index (χ0n) is 12.1. The number of nitrogens with one attached hydrogen (secondary N) is 2. The van der Waals surface area contributed by atoms with E-state index in [0.29, 0.717) is 22.5 Å². The van der Waals surface area contributed by atoms with Gasteiger partial charge in [0.25, 0.3) is 5.91 Å². The fourth-order valence-corrected chi connectivity index (χ4v) is 2.92. The van der Waals surface area contributed by atoms with Crippen LogP contribution in [0.25, 0.3) is 0 Å². The number of carbonyl (C=O) groups is 1. The third kappa shape index (κ3) is 4.57. The van der Waals surface area contributed by atoms with Crippen molar-refractivity contribution in [3.05, 3.63) is 58.1 Å². The number of aryl methyl sites for hydroxylation is 1. The van der Waals surface area contributed by atoms with E-state index >= 15 is 0 Å². The second kappa shape index (κ2) is 6.50. The minimum atomic E-state index is -3.34. The predicted molar refractivity (Wildman–Crippen MR) is 91.7 cm³/mol. The molecule has 0 heterocycles. The third-order valence-corrected chi connectivity index (χ3v) is 3.95. The predicted octanol–water partition coefficient (Wildman–Crippen LogP) is 3.38. The van der Waals surface area contributed by atoms with Gasteiger partial charge in [-0.3, -0.25) is 9.52 Å². The number of carbonyl (C=O) groups excluding carboxylic acids is 1. The number of hydrogen-bond donors (Lipinski definition) is 2. The van der Waals surface area contributed by atoms with Gasteiger partial charge in [0, 0.05) is 15.7 Å². The molecule has 0 unspecified atom stereocenters. The Kier molecular flexibility index (Phi) is 4.87. The summed E-state index contributed by atoms with van der Waals surface area (Å²) in [5.74, 6) is -0.257. The molecule has 0 bridgehead atoms. The zero-order chi connectivity index (χ0) is 16.3. The molecule has 0 spiro atoms. The van der Waals surface area contributed by atoms with Crippen molar-refractivity contribution in [2.24, 2.45) is 0 Å². The lowest BCUT2D eigenvalue weighted by Crippen LogP contribution is -2.14. The number of anilines is 2. The van der Waals surface area contributed by atoms with E-state index < -0.39 is 10.0 Å². The van der Waals surface area contributed by atoms with Gasteiger partial charge in [0.05, 0.1) is 11.9 Å². The molecule has 7 heteroatoms. The lowest BCUT2D eigenvalue weighted by atomic mass is 10.1. The average Bonchev–Trinajstić information content (AvgIpc) is 2.39. The van der Waals surface area contributed by atoms with Crippen molar-refractivity contribution in [3.63, 3.8) is 0 Å². The summed E-state index contributed by atoms with van der Waals surface area (Å²) in [5.41, 5.74) is 2.26. The largest absolute Gasteiger partial charge is 0.322 e. The van der Waals surface area contributed by atoms with E-state index in [1.807, 2.05) is 12.1 Å². The third-order valence-electron chi connectivity index (χ3n) is 2.87. The second-order valence-corrected chi connectivity index (χ2v) is 7.53. The zero-order valence-corrected chi connectivity index (χ0v) is 14.5. The average molecular weight is 383 g/mol. The van der Waals surface area contributed by atoms with Crippen LogP contribution in [0, 0.1) is 6.92 Å². The molecule has 0 saturated heterocycles. The Morgan fingerprint density at radius 2 is 1.86 bits per heavy atom. The summed E-state index contributed by atoms with van der Waals surface area (Å²) in [6.45, 7) is 1.74. The molecule has 22 heavy (non-hydrogen) atoms. The molecule has 2 aromatic rings. The van der Waals surface area contributed by atoms with Crippen molar-refractivity contribution >= 4 is 43.2 Å². The molecule has 0 radical (unpaired) electrons. The Hall–Kier alpha value is -1.86. The molecule has 2 rings (SSSR count). The van der Waals surface area contributed by atoms with E-state index in [9.17, 15) is 13.2 Å². The number of hydrogen-bond acceptors (Lipinski definition) is 3. The van der Waals surface area contributed by atoms with Crippen LogP contribution in [0.5, 0.6) is 0 Å². The first-order valence-corrected chi connectivity index (χ1v) is 9.08. The molecule has 0 aromatic heterocycles. The van der Waals surface area contributed by atoms with Crippen molar-refractivity contribution in [1.82, 2.24) is 0 Å². The van der Waals surface area contributed by atoms with Gasteiger partial charge in [-0.25, -0.2) is 8.42 Å². The van der Waals surface area contributed by atoms with Crippen LogP contribution in [0.4, 0.5) is 11.4 Å². The Bertz CT molecular complexity index is 819. The first-order chi connectivity index (χ1) is 10.2. The monoisotopic (exact) mass is 382 g/mol. The molecule has 0 aliphatic heterocycles. The molecule has 0 aliphatic rings. The van der Waals surface area contributed by atoms with E-state index in [-0.39, 0.29) is 5.91 Å². The standard InChI is InChI=1S/C15H15BrN2O3S/c1-10-8-11(6-7-14(10)18-22(2,20)21)15(19)17-13-5-3-4-12(16)9-13/h3-9,18H,1-2H3,(H,17,19). The number of halogens is 1. The summed E-state index contributed by atoms with van der Waals surface area (Å²) in [6, 6.07) is 12.1. The highest BCUT2D eigenvalue weighted by atomic mass is 79.9. The summed E-state index contributed by atoms with van der Waals surface area (Å²) >= 11 is 3.34. The summed E-state index contributed by atoms with van der Waals surface area (Å²) in [7, 11) is -3.34. The van der Waals surface area contributed by atoms with Crippen molar-refractivity contribution in [2.45, 2.75) is 6.92 Å². The molecule has 0 aliphatic carbocycles.